The standard InChI is InChI=1S/C6H6N6/c7-11-2-5-8-1-4-6(12-5)10-3-9-4/h1-3H,7H2,(H,8,9,10,12). The van der Waals surface area contributed by atoms with E-state index in [1.807, 2.05) is 0 Å². The number of hydrazone groups is 1. The van der Waals surface area contributed by atoms with Gasteiger partial charge in [0.2, 0.25) is 0 Å². The number of aromatic amines is 1. The largest absolute Gasteiger partial charge is 0.342 e. The van der Waals surface area contributed by atoms with Crippen LogP contribution in [0.5, 0.6) is 0 Å². The summed E-state index contributed by atoms with van der Waals surface area (Å²) in [5, 5.41) is 3.31. The number of imidazole rings is 1. The first kappa shape index (κ1) is 6.71. The minimum absolute atomic E-state index is 0.456. The lowest BCUT2D eigenvalue weighted by Crippen LogP contribution is -1.94. The maximum atomic E-state index is 4.94. The Morgan fingerprint density at radius 2 is 2.42 bits per heavy atom. The number of hydrogen-bond acceptors (Lipinski definition) is 5. The molecule has 6 nitrogen and oxygen atoms in total. The summed E-state index contributed by atoms with van der Waals surface area (Å²) in [6, 6.07) is 0. The Morgan fingerprint density at radius 3 is 3.25 bits per heavy atom. The monoisotopic (exact) mass is 162 g/mol. The lowest BCUT2D eigenvalue weighted by Gasteiger charge is -1.88. The van der Waals surface area contributed by atoms with Gasteiger partial charge in [-0.25, -0.2) is 15.0 Å². The van der Waals surface area contributed by atoms with Crippen LogP contribution < -0.4 is 5.84 Å². The zero-order chi connectivity index (χ0) is 8.39. The minimum atomic E-state index is 0.456. The van der Waals surface area contributed by atoms with E-state index in [4.69, 9.17) is 5.84 Å². The van der Waals surface area contributed by atoms with Crippen LogP contribution in [0.25, 0.3) is 11.2 Å². The number of hydrogen-bond donors (Lipinski definition) is 2. The molecule has 2 aromatic heterocycles. The van der Waals surface area contributed by atoms with Gasteiger partial charge >= 0.3 is 0 Å². The van der Waals surface area contributed by atoms with Gasteiger partial charge in [-0.2, -0.15) is 5.10 Å². The molecule has 2 aromatic rings. The molecule has 3 N–H and O–H groups in total. The molecule has 6 heteroatoms. The molecule has 0 spiro atoms. The summed E-state index contributed by atoms with van der Waals surface area (Å²) in [5.41, 5.74) is 1.41. The van der Waals surface area contributed by atoms with Crippen molar-refractivity contribution in [1.29, 1.82) is 0 Å². The zero-order valence-corrected chi connectivity index (χ0v) is 6.10. The molecule has 2 heterocycles. The molecule has 0 unspecified atom stereocenters. The number of aromatic nitrogens is 4. The maximum absolute atomic E-state index is 4.94. The lowest BCUT2D eigenvalue weighted by atomic mass is 10.5. The van der Waals surface area contributed by atoms with Crippen molar-refractivity contribution in [3.05, 3.63) is 18.3 Å². The van der Waals surface area contributed by atoms with Crippen LogP contribution in [0.15, 0.2) is 17.6 Å². The number of nitrogens with zero attached hydrogens (tertiary/aromatic N) is 4. The Balaban J connectivity index is 2.60. The van der Waals surface area contributed by atoms with Gasteiger partial charge in [-0.15, -0.1) is 0 Å². The summed E-state index contributed by atoms with van der Waals surface area (Å²) in [7, 11) is 0. The second kappa shape index (κ2) is 2.57. The van der Waals surface area contributed by atoms with Gasteiger partial charge in [0, 0.05) is 0 Å². The van der Waals surface area contributed by atoms with Crippen molar-refractivity contribution >= 4 is 17.4 Å². The molecule has 0 aliphatic rings. The first-order valence-electron chi connectivity index (χ1n) is 3.29. The molecule has 2 rings (SSSR count). The second-order valence-electron chi connectivity index (χ2n) is 2.15. The van der Waals surface area contributed by atoms with Crippen LogP contribution in [0.2, 0.25) is 0 Å². The summed E-state index contributed by atoms with van der Waals surface area (Å²) >= 11 is 0. The van der Waals surface area contributed by atoms with Gasteiger partial charge in [-0.05, 0) is 0 Å². The van der Waals surface area contributed by atoms with Crippen molar-refractivity contribution in [2.45, 2.75) is 0 Å². The fraction of sp³-hybridized carbons (Fsp3) is 0. The van der Waals surface area contributed by atoms with Gasteiger partial charge in [0.1, 0.15) is 5.52 Å². The van der Waals surface area contributed by atoms with Crippen LogP contribution >= 0.6 is 0 Å². The summed E-state index contributed by atoms with van der Waals surface area (Å²) in [6.07, 6.45) is 4.56. The average molecular weight is 162 g/mol. The van der Waals surface area contributed by atoms with Crippen molar-refractivity contribution in [2.75, 3.05) is 0 Å². The zero-order valence-electron chi connectivity index (χ0n) is 6.10. The molecule has 0 aliphatic carbocycles. The first-order valence-corrected chi connectivity index (χ1v) is 3.29. The Labute approximate surface area is 67.6 Å². The van der Waals surface area contributed by atoms with Gasteiger partial charge in [0.15, 0.2) is 11.5 Å². The fourth-order valence-corrected chi connectivity index (χ4v) is 0.878. The van der Waals surface area contributed by atoms with Crippen LogP contribution in [-0.2, 0) is 0 Å². The van der Waals surface area contributed by atoms with Crippen molar-refractivity contribution in [1.82, 2.24) is 19.9 Å². The summed E-state index contributed by atoms with van der Waals surface area (Å²) in [6.45, 7) is 0. The molecule has 0 amide bonds. The van der Waals surface area contributed by atoms with Crippen LogP contribution in [0.4, 0.5) is 0 Å². The third kappa shape index (κ3) is 0.986. The summed E-state index contributed by atoms with van der Waals surface area (Å²) in [5.74, 6) is 5.40. The quantitative estimate of drug-likeness (QED) is 0.340. The molecular formula is C6H6N6. The van der Waals surface area contributed by atoms with Crippen molar-refractivity contribution in [3.8, 4) is 0 Å². The molecule has 0 aromatic carbocycles. The number of H-pyrrole nitrogens is 1. The molecule has 0 radical (unpaired) electrons. The Morgan fingerprint density at radius 1 is 1.50 bits per heavy atom. The van der Waals surface area contributed by atoms with Crippen LogP contribution in [0, 0.1) is 0 Å². The lowest BCUT2D eigenvalue weighted by molar-refractivity contribution is 1.15. The van der Waals surface area contributed by atoms with E-state index in [1.54, 1.807) is 12.5 Å². The predicted octanol–water partition coefficient (Wildman–Crippen LogP) is -0.355. The molecule has 0 saturated heterocycles. The second-order valence-corrected chi connectivity index (χ2v) is 2.15. The average Bonchev–Trinajstić information content (AvgIpc) is 2.51. The highest BCUT2D eigenvalue weighted by Crippen LogP contribution is 2.02. The topological polar surface area (TPSA) is 92.8 Å². The highest BCUT2D eigenvalue weighted by atomic mass is 15.1. The van der Waals surface area contributed by atoms with Gasteiger partial charge in [-0.3, -0.25) is 0 Å². The Kier molecular flexibility index (Phi) is 1.44. The molecule has 60 valence electrons. The predicted molar refractivity (Wildman–Crippen MR) is 43.5 cm³/mol. The van der Waals surface area contributed by atoms with Crippen molar-refractivity contribution < 1.29 is 0 Å². The normalized spacial score (nSPS) is 11.3. The minimum Gasteiger partial charge on any atom is -0.342 e. The number of rotatable bonds is 1. The van der Waals surface area contributed by atoms with Gasteiger partial charge in [-0.1, -0.05) is 0 Å². The highest BCUT2D eigenvalue weighted by Gasteiger charge is 1.98. The van der Waals surface area contributed by atoms with E-state index in [0.29, 0.717) is 11.5 Å². The van der Waals surface area contributed by atoms with E-state index in [1.165, 1.54) is 6.21 Å². The number of nitrogens with two attached hydrogens (primary N) is 1. The number of fused-ring (bicyclic) bond motifs is 1. The summed E-state index contributed by atoms with van der Waals surface area (Å²) in [4.78, 5) is 14.8. The van der Waals surface area contributed by atoms with E-state index in [9.17, 15) is 0 Å². The van der Waals surface area contributed by atoms with Crippen LogP contribution in [0.1, 0.15) is 5.82 Å². The van der Waals surface area contributed by atoms with Crippen LogP contribution in [0.3, 0.4) is 0 Å². The molecule has 0 saturated carbocycles. The summed E-state index contributed by atoms with van der Waals surface area (Å²) < 4.78 is 0. The van der Waals surface area contributed by atoms with Crippen molar-refractivity contribution in [2.24, 2.45) is 10.9 Å². The SMILES string of the molecule is NN=Cc1ncc2[nH]cnc2n1. The van der Waals surface area contributed by atoms with E-state index < -0.39 is 0 Å². The van der Waals surface area contributed by atoms with Crippen LogP contribution in [-0.4, -0.2) is 26.2 Å². The van der Waals surface area contributed by atoms with Crippen molar-refractivity contribution in [3.63, 3.8) is 0 Å². The number of nitrogens with one attached hydrogen (secondary N) is 1. The fourth-order valence-electron chi connectivity index (χ4n) is 0.878. The molecular weight excluding hydrogens is 156 g/mol. The third-order valence-corrected chi connectivity index (χ3v) is 1.38. The Bertz CT molecular complexity index is 417. The maximum Gasteiger partial charge on any atom is 0.181 e. The molecule has 12 heavy (non-hydrogen) atoms. The smallest absolute Gasteiger partial charge is 0.181 e. The van der Waals surface area contributed by atoms with E-state index in [0.717, 1.165) is 5.52 Å². The van der Waals surface area contributed by atoms with Gasteiger partial charge in [0.25, 0.3) is 0 Å². The van der Waals surface area contributed by atoms with Gasteiger partial charge < -0.3 is 10.8 Å². The molecule has 0 bridgehead atoms. The Hall–Kier alpha value is -1.98. The van der Waals surface area contributed by atoms with E-state index >= 15 is 0 Å². The molecule has 0 atom stereocenters. The molecule has 0 aliphatic heterocycles. The van der Waals surface area contributed by atoms with E-state index in [-0.39, 0.29) is 0 Å². The van der Waals surface area contributed by atoms with E-state index in [2.05, 4.69) is 25.0 Å². The third-order valence-electron chi connectivity index (χ3n) is 1.38. The first-order chi connectivity index (χ1) is 5.90. The molecule has 0 fully saturated rings. The highest BCUT2D eigenvalue weighted by molar-refractivity contribution is 5.78. The van der Waals surface area contributed by atoms with Gasteiger partial charge in [0.05, 0.1) is 18.7 Å².